The average molecular weight is 398 g/mol. The molecular weight excluding hydrogens is 379 g/mol. The molecule has 0 saturated heterocycles. The molecule has 0 aliphatic heterocycles. The zero-order chi connectivity index (χ0) is 21.0. The molecule has 7 nitrogen and oxygen atoms in total. The summed E-state index contributed by atoms with van der Waals surface area (Å²) in [7, 11) is 1.56. The Morgan fingerprint density at radius 1 is 1.17 bits per heavy atom. The van der Waals surface area contributed by atoms with Gasteiger partial charge in [0.25, 0.3) is 0 Å². The van der Waals surface area contributed by atoms with Gasteiger partial charge in [-0.2, -0.15) is 0 Å². The number of nitrogens with zero attached hydrogens (tertiary/aromatic N) is 1. The topological polar surface area (TPSA) is 102 Å². The van der Waals surface area contributed by atoms with Crippen molar-refractivity contribution < 1.29 is 28.3 Å². The van der Waals surface area contributed by atoms with Gasteiger partial charge in [-0.25, -0.2) is 9.18 Å². The van der Waals surface area contributed by atoms with Gasteiger partial charge >= 0.3 is 5.97 Å². The van der Waals surface area contributed by atoms with Crippen molar-refractivity contribution in [2.75, 3.05) is 7.11 Å². The van der Waals surface area contributed by atoms with E-state index in [0.717, 1.165) is 5.56 Å². The van der Waals surface area contributed by atoms with Crippen LogP contribution in [0.1, 0.15) is 34.6 Å². The van der Waals surface area contributed by atoms with E-state index in [1.54, 1.807) is 38.3 Å². The van der Waals surface area contributed by atoms with Crippen molar-refractivity contribution in [1.29, 1.82) is 0 Å². The number of hydrogen-bond donors (Lipinski definition) is 2. The summed E-state index contributed by atoms with van der Waals surface area (Å²) in [5.41, 5.74) is 1.08. The summed E-state index contributed by atoms with van der Waals surface area (Å²) < 4.78 is 23.5. The van der Waals surface area contributed by atoms with Gasteiger partial charge in [-0.3, -0.25) is 4.79 Å². The predicted molar refractivity (Wildman–Crippen MR) is 102 cm³/mol. The minimum atomic E-state index is -1.25. The first-order chi connectivity index (χ1) is 13.9. The second-order valence-electron chi connectivity index (χ2n) is 6.40. The van der Waals surface area contributed by atoms with Crippen molar-refractivity contribution in [3.8, 4) is 17.0 Å². The molecule has 0 fully saturated rings. The lowest BCUT2D eigenvalue weighted by Crippen LogP contribution is -2.28. The summed E-state index contributed by atoms with van der Waals surface area (Å²) in [5.74, 6) is -1.31. The fourth-order valence-electron chi connectivity index (χ4n) is 2.90. The van der Waals surface area contributed by atoms with Crippen molar-refractivity contribution in [1.82, 2.24) is 10.5 Å². The lowest BCUT2D eigenvalue weighted by atomic mass is 10.0. The van der Waals surface area contributed by atoms with E-state index in [4.69, 9.17) is 9.26 Å². The molecule has 29 heavy (non-hydrogen) atoms. The van der Waals surface area contributed by atoms with E-state index in [0.29, 0.717) is 11.3 Å². The van der Waals surface area contributed by atoms with Gasteiger partial charge < -0.3 is 19.7 Å². The molecule has 1 heterocycles. The molecule has 0 saturated carbocycles. The standard InChI is InChI=1S/C21H19FN2O5/c1-12(23-17(25)11-13-3-9-16(28-2)10-4-13)20-18(21(26)27)19(24-29-20)14-5-7-15(22)8-6-14/h3-10,12H,11H2,1-2H3,(H,23,25)(H,26,27). The fraction of sp³-hybridized carbons (Fsp3) is 0.190. The maximum absolute atomic E-state index is 13.1. The number of aromatic carboxylic acids is 1. The van der Waals surface area contributed by atoms with Crippen LogP contribution in [0.2, 0.25) is 0 Å². The fourth-order valence-corrected chi connectivity index (χ4v) is 2.90. The van der Waals surface area contributed by atoms with Gasteiger partial charge in [-0.15, -0.1) is 0 Å². The van der Waals surface area contributed by atoms with Crippen molar-refractivity contribution in [3.05, 3.63) is 71.2 Å². The van der Waals surface area contributed by atoms with Crippen LogP contribution in [0.3, 0.4) is 0 Å². The minimum Gasteiger partial charge on any atom is -0.497 e. The lowest BCUT2D eigenvalue weighted by molar-refractivity contribution is -0.121. The second-order valence-corrected chi connectivity index (χ2v) is 6.40. The molecule has 3 rings (SSSR count). The molecule has 0 bridgehead atoms. The van der Waals surface area contributed by atoms with Gasteiger partial charge in [0, 0.05) is 5.56 Å². The van der Waals surface area contributed by atoms with Crippen LogP contribution in [-0.2, 0) is 11.2 Å². The first kappa shape index (κ1) is 20.1. The molecule has 0 spiro atoms. The number of hydrogen-bond acceptors (Lipinski definition) is 5. The molecule has 1 amide bonds. The molecule has 1 unspecified atom stereocenters. The number of aromatic nitrogens is 1. The molecule has 3 aromatic rings. The second kappa shape index (κ2) is 8.55. The third-order valence-electron chi connectivity index (χ3n) is 4.34. The highest BCUT2D eigenvalue weighted by Gasteiger charge is 2.28. The highest BCUT2D eigenvalue weighted by atomic mass is 19.1. The molecule has 8 heteroatoms. The van der Waals surface area contributed by atoms with Gasteiger partial charge in [0.2, 0.25) is 5.91 Å². The zero-order valence-corrected chi connectivity index (χ0v) is 15.8. The maximum atomic E-state index is 13.1. The SMILES string of the molecule is COc1ccc(CC(=O)NC(C)c2onc(-c3ccc(F)cc3)c2C(=O)O)cc1. The van der Waals surface area contributed by atoms with E-state index in [1.807, 2.05) is 0 Å². The Labute approximate surface area is 166 Å². The first-order valence-electron chi connectivity index (χ1n) is 8.80. The molecule has 1 aromatic heterocycles. The zero-order valence-electron chi connectivity index (χ0n) is 15.8. The monoisotopic (exact) mass is 398 g/mol. The first-order valence-corrected chi connectivity index (χ1v) is 8.80. The van der Waals surface area contributed by atoms with Gasteiger partial charge in [0.15, 0.2) is 5.76 Å². The number of methoxy groups -OCH3 is 1. The van der Waals surface area contributed by atoms with Gasteiger partial charge in [0.05, 0.1) is 19.6 Å². The van der Waals surface area contributed by atoms with Crippen molar-refractivity contribution >= 4 is 11.9 Å². The Hall–Kier alpha value is -3.68. The van der Waals surface area contributed by atoms with Crippen molar-refractivity contribution in [2.45, 2.75) is 19.4 Å². The summed E-state index contributed by atoms with van der Waals surface area (Å²) in [5, 5.41) is 16.2. The van der Waals surface area contributed by atoms with E-state index in [2.05, 4.69) is 10.5 Å². The number of carboxylic acids is 1. The Bertz CT molecular complexity index is 1010. The molecule has 2 aromatic carbocycles. The van der Waals surface area contributed by atoms with Crippen molar-refractivity contribution in [3.63, 3.8) is 0 Å². The molecule has 0 aliphatic rings. The van der Waals surface area contributed by atoms with E-state index in [1.165, 1.54) is 24.3 Å². The Morgan fingerprint density at radius 3 is 2.41 bits per heavy atom. The maximum Gasteiger partial charge on any atom is 0.341 e. The van der Waals surface area contributed by atoms with E-state index in [9.17, 15) is 19.1 Å². The lowest BCUT2D eigenvalue weighted by Gasteiger charge is -2.12. The van der Waals surface area contributed by atoms with Crippen LogP contribution in [0.25, 0.3) is 11.3 Å². The van der Waals surface area contributed by atoms with E-state index >= 15 is 0 Å². The summed E-state index contributed by atoms with van der Waals surface area (Å²) in [4.78, 5) is 24.1. The molecule has 0 aliphatic carbocycles. The summed E-state index contributed by atoms with van der Waals surface area (Å²) in [6.07, 6.45) is 0.107. The minimum absolute atomic E-state index is 0.0138. The van der Waals surface area contributed by atoms with E-state index in [-0.39, 0.29) is 29.3 Å². The number of carbonyl (C=O) groups is 2. The highest BCUT2D eigenvalue weighted by Crippen LogP contribution is 2.29. The van der Waals surface area contributed by atoms with Crippen LogP contribution in [0.5, 0.6) is 5.75 Å². The van der Waals surface area contributed by atoms with Crippen LogP contribution < -0.4 is 10.1 Å². The third-order valence-corrected chi connectivity index (χ3v) is 4.34. The number of rotatable bonds is 7. The molecular formula is C21H19FN2O5. The number of halogens is 1. The quantitative estimate of drug-likeness (QED) is 0.630. The van der Waals surface area contributed by atoms with E-state index < -0.39 is 17.8 Å². The summed E-state index contributed by atoms with van der Waals surface area (Å²) >= 11 is 0. The average Bonchev–Trinajstić information content (AvgIpc) is 3.14. The number of amides is 1. The number of carboxylic acid groups (broad SMARTS) is 1. The normalized spacial score (nSPS) is 11.7. The highest BCUT2D eigenvalue weighted by molar-refractivity contribution is 5.96. The number of carbonyl (C=O) groups excluding carboxylic acids is 1. The van der Waals surface area contributed by atoms with Gasteiger partial charge in [-0.05, 0) is 48.9 Å². The van der Waals surface area contributed by atoms with Crippen LogP contribution in [0.4, 0.5) is 4.39 Å². The van der Waals surface area contributed by atoms with Crippen LogP contribution in [0, 0.1) is 5.82 Å². The molecule has 150 valence electrons. The molecule has 2 N–H and O–H groups in total. The molecule has 1 atom stereocenters. The Balaban J connectivity index is 1.77. The third kappa shape index (κ3) is 4.60. The Kier molecular flexibility index (Phi) is 5.92. The number of nitrogens with one attached hydrogen (secondary N) is 1. The van der Waals surface area contributed by atoms with Crippen LogP contribution in [0.15, 0.2) is 53.1 Å². The number of benzene rings is 2. The number of ether oxygens (including phenoxy) is 1. The summed E-state index contributed by atoms with van der Waals surface area (Å²) in [6.45, 7) is 1.60. The Morgan fingerprint density at radius 2 is 1.83 bits per heavy atom. The van der Waals surface area contributed by atoms with Gasteiger partial charge in [-0.1, -0.05) is 17.3 Å². The predicted octanol–water partition coefficient (Wildman–Crippen LogP) is 3.61. The van der Waals surface area contributed by atoms with Crippen LogP contribution in [-0.4, -0.2) is 29.2 Å². The molecule has 0 radical (unpaired) electrons. The smallest absolute Gasteiger partial charge is 0.341 e. The summed E-state index contributed by atoms with van der Waals surface area (Å²) in [6, 6.07) is 11.5. The van der Waals surface area contributed by atoms with Crippen molar-refractivity contribution in [2.24, 2.45) is 0 Å². The largest absolute Gasteiger partial charge is 0.497 e. The van der Waals surface area contributed by atoms with Gasteiger partial charge in [0.1, 0.15) is 22.8 Å². The van der Waals surface area contributed by atoms with Crippen LogP contribution >= 0.6 is 0 Å².